The molecule has 0 aliphatic heterocycles. The third-order valence-electron chi connectivity index (χ3n) is 4.16. The minimum absolute atomic E-state index is 0.0100. The highest BCUT2D eigenvalue weighted by Gasteiger charge is 2.30. The lowest BCUT2D eigenvalue weighted by Gasteiger charge is -2.12. The summed E-state index contributed by atoms with van der Waals surface area (Å²) in [7, 11) is 0. The van der Waals surface area contributed by atoms with Gasteiger partial charge in [0.25, 0.3) is 12.3 Å². The number of anilines is 1. The maximum atomic E-state index is 12.4. The van der Waals surface area contributed by atoms with Gasteiger partial charge in [-0.25, -0.2) is 18.7 Å². The van der Waals surface area contributed by atoms with Crippen molar-refractivity contribution in [2.24, 2.45) is 5.92 Å². The van der Waals surface area contributed by atoms with Crippen molar-refractivity contribution in [3.05, 3.63) is 47.3 Å². The lowest BCUT2D eigenvalue weighted by Crippen LogP contribution is -2.25. The maximum Gasteiger partial charge on any atom is 0.272 e. The Hall–Kier alpha value is -2.37. The summed E-state index contributed by atoms with van der Waals surface area (Å²) in [5.74, 6) is -0.0360. The van der Waals surface area contributed by atoms with Crippen molar-refractivity contribution in [1.82, 2.24) is 15.3 Å². The molecule has 2 aromatic rings. The monoisotopic (exact) mass is 516 g/mol. The van der Waals surface area contributed by atoms with Crippen molar-refractivity contribution in [3.8, 4) is 5.75 Å². The summed E-state index contributed by atoms with van der Waals surface area (Å²) in [4.78, 5) is 32.2. The standard InChI is InChI=1S/C19H19F2IN4O3/c20-16(21)10-29-15-4-1-11(7-13(15)8-22)9-24-18(28)14-5-6-23-19(25-14)26-17(27)12-2-3-12/h1,4-7,12,16H,2-3,8-10H2,(H,24,28)(H,23,25,26,27). The Kier molecular flexibility index (Phi) is 7.29. The third-order valence-corrected chi connectivity index (χ3v) is 4.98. The number of hydrogen-bond acceptors (Lipinski definition) is 5. The van der Waals surface area contributed by atoms with Crippen molar-refractivity contribution in [3.63, 3.8) is 0 Å². The number of benzene rings is 1. The second-order valence-electron chi connectivity index (χ2n) is 6.49. The van der Waals surface area contributed by atoms with Gasteiger partial charge in [-0.3, -0.25) is 14.9 Å². The quantitative estimate of drug-likeness (QED) is 0.394. The molecular weight excluding hydrogens is 497 g/mol. The van der Waals surface area contributed by atoms with Gasteiger partial charge in [-0.15, -0.1) is 0 Å². The van der Waals surface area contributed by atoms with Gasteiger partial charge in [0.2, 0.25) is 11.9 Å². The molecule has 1 saturated carbocycles. The first kappa shape index (κ1) is 21.3. The van der Waals surface area contributed by atoms with Gasteiger partial charge in [-0.2, -0.15) is 0 Å². The highest BCUT2D eigenvalue weighted by molar-refractivity contribution is 14.1. The van der Waals surface area contributed by atoms with Crippen LogP contribution in [0.15, 0.2) is 30.5 Å². The fourth-order valence-corrected chi connectivity index (χ4v) is 3.11. The molecule has 154 valence electrons. The second-order valence-corrected chi connectivity index (χ2v) is 7.25. The van der Waals surface area contributed by atoms with Crippen LogP contribution in [0.3, 0.4) is 0 Å². The molecule has 0 atom stereocenters. The summed E-state index contributed by atoms with van der Waals surface area (Å²) in [6.07, 6.45) is 0.588. The van der Waals surface area contributed by atoms with Gasteiger partial charge in [-0.1, -0.05) is 28.7 Å². The number of rotatable bonds is 9. The predicted molar refractivity (Wildman–Crippen MR) is 110 cm³/mol. The maximum absolute atomic E-state index is 12.4. The minimum Gasteiger partial charge on any atom is -0.487 e. The zero-order chi connectivity index (χ0) is 20.8. The van der Waals surface area contributed by atoms with E-state index < -0.39 is 18.9 Å². The van der Waals surface area contributed by atoms with E-state index in [9.17, 15) is 18.4 Å². The van der Waals surface area contributed by atoms with Gasteiger partial charge in [-0.05, 0) is 36.6 Å². The van der Waals surface area contributed by atoms with Gasteiger partial charge >= 0.3 is 0 Å². The molecule has 0 spiro atoms. The molecule has 0 bridgehead atoms. The highest BCUT2D eigenvalue weighted by atomic mass is 127. The summed E-state index contributed by atoms with van der Waals surface area (Å²) < 4.78 is 30.4. The minimum atomic E-state index is -2.54. The van der Waals surface area contributed by atoms with Crippen LogP contribution in [-0.2, 0) is 15.8 Å². The highest BCUT2D eigenvalue weighted by Crippen LogP contribution is 2.29. The second kappa shape index (κ2) is 9.90. The fraction of sp³-hybridized carbons (Fsp3) is 0.368. The van der Waals surface area contributed by atoms with Crippen molar-refractivity contribution >= 4 is 40.4 Å². The number of carbonyl (C=O) groups is 2. The molecule has 1 heterocycles. The molecule has 1 aliphatic carbocycles. The van der Waals surface area contributed by atoms with E-state index in [1.54, 1.807) is 18.2 Å². The summed E-state index contributed by atoms with van der Waals surface area (Å²) in [6.45, 7) is -0.432. The number of hydrogen-bond donors (Lipinski definition) is 2. The van der Waals surface area contributed by atoms with Crippen LogP contribution in [-0.4, -0.2) is 34.8 Å². The zero-order valence-corrected chi connectivity index (χ0v) is 17.5. The zero-order valence-electron chi connectivity index (χ0n) is 15.3. The van der Waals surface area contributed by atoms with Crippen LogP contribution < -0.4 is 15.4 Å². The summed E-state index contributed by atoms with van der Waals surface area (Å²) in [5.41, 5.74) is 1.70. The molecular formula is C19H19F2IN4O3. The van der Waals surface area contributed by atoms with Crippen molar-refractivity contribution in [1.29, 1.82) is 0 Å². The number of ether oxygens (including phenoxy) is 1. The Morgan fingerprint density at radius 3 is 2.76 bits per heavy atom. The summed E-state index contributed by atoms with van der Waals surface area (Å²) in [5, 5.41) is 5.35. The first-order chi connectivity index (χ1) is 14.0. The normalized spacial score (nSPS) is 13.2. The first-order valence-corrected chi connectivity index (χ1v) is 10.5. The first-order valence-electron chi connectivity index (χ1n) is 8.97. The van der Waals surface area contributed by atoms with Crippen LogP contribution in [0.2, 0.25) is 0 Å². The van der Waals surface area contributed by atoms with Gasteiger partial charge in [0.05, 0.1) is 0 Å². The SMILES string of the molecule is O=C(NCc1ccc(OCC(F)F)c(CI)c1)c1ccnc(NC(=O)C2CC2)n1. The molecule has 0 unspecified atom stereocenters. The molecule has 0 saturated heterocycles. The smallest absolute Gasteiger partial charge is 0.272 e. The topological polar surface area (TPSA) is 93.2 Å². The lowest BCUT2D eigenvalue weighted by atomic mass is 10.1. The number of nitrogens with zero attached hydrogens (tertiary/aromatic N) is 2. The van der Waals surface area contributed by atoms with E-state index in [2.05, 4.69) is 43.2 Å². The van der Waals surface area contributed by atoms with E-state index in [0.29, 0.717) is 10.2 Å². The van der Waals surface area contributed by atoms with Crippen LogP contribution >= 0.6 is 22.6 Å². The molecule has 1 aromatic heterocycles. The third kappa shape index (κ3) is 6.31. The average molecular weight is 516 g/mol. The number of nitrogens with one attached hydrogen (secondary N) is 2. The van der Waals surface area contributed by atoms with E-state index in [0.717, 1.165) is 24.0 Å². The molecule has 2 amide bonds. The van der Waals surface area contributed by atoms with Crippen molar-refractivity contribution < 1.29 is 23.1 Å². The molecule has 7 nitrogen and oxygen atoms in total. The van der Waals surface area contributed by atoms with E-state index in [-0.39, 0.29) is 30.0 Å². The van der Waals surface area contributed by atoms with Crippen LogP contribution in [0.5, 0.6) is 5.75 Å². The van der Waals surface area contributed by atoms with Crippen LogP contribution in [0, 0.1) is 5.92 Å². The summed E-state index contributed by atoms with van der Waals surface area (Å²) >= 11 is 2.12. The Bertz CT molecular complexity index is 894. The van der Waals surface area contributed by atoms with Gasteiger partial charge in [0.15, 0.2) is 0 Å². The lowest BCUT2D eigenvalue weighted by molar-refractivity contribution is -0.117. The van der Waals surface area contributed by atoms with E-state index in [4.69, 9.17) is 4.74 Å². The number of carbonyl (C=O) groups excluding carboxylic acids is 2. The van der Waals surface area contributed by atoms with Gasteiger partial charge in [0.1, 0.15) is 18.1 Å². The molecule has 0 radical (unpaired) electrons. The molecule has 10 heteroatoms. The number of aromatic nitrogens is 2. The number of amides is 2. The molecule has 3 rings (SSSR count). The van der Waals surface area contributed by atoms with E-state index in [1.807, 2.05) is 0 Å². The largest absolute Gasteiger partial charge is 0.487 e. The molecule has 1 fully saturated rings. The van der Waals surface area contributed by atoms with Crippen LogP contribution in [0.25, 0.3) is 0 Å². The van der Waals surface area contributed by atoms with Crippen LogP contribution in [0.1, 0.15) is 34.5 Å². The molecule has 29 heavy (non-hydrogen) atoms. The van der Waals surface area contributed by atoms with Crippen molar-refractivity contribution in [2.45, 2.75) is 30.2 Å². The Balaban J connectivity index is 1.59. The Morgan fingerprint density at radius 2 is 2.07 bits per heavy atom. The number of halogens is 3. The van der Waals surface area contributed by atoms with Crippen molar-refractivity contribution in [2.75, 3.05) is 11.9 Å². The van der Waals surface area contributed by atoms with E-state index >= 15 is 0 Å². The average Bonchev–Trinajstić information content (AvgIpc) is 3.56. The Labute approximate surface area is 179 Å². The summed E-state index contributed by atoms with van der Waals surface area (Å²) in [6, 6.07) is 6.58. The molecule has 1 aromatic carbocycles. The van der Waals surface area contributed by atoms with E-state index in [1.165, 1.54) is 12.3 Å². The van der Waals surface area contributed by atoms with Gasteiger partial charge < -0.3 is 10.1 Å². The predicted octanol–water partition coefficient (Wildman–Crippen LogP) is 3.33. The number of alkyl halides is 3. The fourth-order valence-electron chi connectivity index (χ4n) is 2.52. The Morgan fingerprint density at radius 1 is 1.28 bits per heavy atom. The molecule has 1 aliphatic rings. The van der Waals surface area contributed by atoms with Gasteiger partial charge in [0, 0.05) is 28.7 Å². The van der Waals surface area contributed by atoms with Crippen LogP contribution in [0.4, 0.5) is 14.7 Å². The molecule has 2 N–H and O–H groups in total.